The number of nitrogens with zero attached hydrogens (tertiary/aromatic N) is 2. The van der Waals surface area contributed by atoms with Crippen LogP contribution in [0.1, 0.15) is 19.7 Å². The number of hydrogen-bond donors (Lipinski definition) is 2. The molecule has 1 aromatic heterocycles. The van der Waals surface area contributed by atoms with Gasteiger partial charge >= 0.3 is 6.03 Å². The van der Waals surface area contributed by atoms with Crippen molar-refractivity contribution in [1.82, 2.24) is 20.2 Å². The fourth-order valence-corrected chi connectivity index (χ4v) is 2.07. The van der Waals surface area contributed by atoms with E-state index in [1.54, 1.807) is 45.0 Å². The summed E-state index contributed by atoms with van der Waals surface area (Å²) in [6, 6.07) is 6.26. The molecule has 2 aromatic rings. The van der Waals surface area contributed by atoms with Crippen molar-refractivity contribution in [2.24, 2.45) is 0 Å². The summed E-state index contributed by atoms with van der Waals surface area (Å²) in [5.41, 5.74) is 0.279. The normalized spacial score (nSPS) is 10.7. The summed E-state index contributed by atoms with van der Waals surface area (Å²) in [6.07, 6.45) is 0. The zero-order chi connectivity index (χ0) is 16.3. The highest BCUT2D eigenvalue weighted by Gasteiger charge is 2.13. The van der Waals surface area contributed by atoms with Crippen molar-refractivity contribution in [2.45, 2.75) is 33.4 Å². The number of fused-ring (bicyclic) bond motifs is 1. The highest BCUT2D eigenvalue weighted by atomic mass is 16.2. The van der Waals surface area contributed by atoms with E-state index in [0.29, 0.717) is 16.7 Å². The van der Waals surface area contributed by atoms with Crippen LogP contribution < -0.4 is 16.2 Å². The van der Waals surface area contributed by atoms with Gasteiger partial charge in [0.1, 0.15) is 12.4 Å². The van der Waals surface area contributed by atoms with Gasteiger partial charge in [-0.3, -0.25) is 19.5 Å². The Kier molecular flexibility index (Phi) is 4.55. The van der Waals surface area contributed by atoms with Crippen LogP contribution in [0.5, 0.6) is 0 Å². The molecule has 0 atom stereocenters. The van der Waals surface area contributed by atoms with Crippen LogP contribution in [0.2, 0.25) is 0 Å². The first kappa shape index (κ1) is 15.7. The molecule has 1 heterocycles. The van der Waals surface area contributed by atoms with Gasteiger partial charge in [0.15, 0.2) is 0 Å². The van der Waals surface area contributed by atoms with E-state index >= 15 is 0 Å². The van der Waals surface area contributed by atoms with Gasteiger partial charge in [-0.2, -0.15) is 0 Å². The molecule has 0 unspecified atom stereocenters. The summed E-state index contributed by atoms with van der Waals surface area (Å²) in [5, 5.41) is 5.17. The van der Waals surface area contributed by atoms with Crippen molar-refractivity contribution in [3.05, 3.63) is 40.4 Å². The van der Waals surface area contributed by atoms with Gasteiger partial charge in [0.05, 0.1) is 10.9 Å². The zero-order valence-corrected chi connectivity index (χ0v) is 12.7. The Hall–Kier alpha value is -2.70. The van der Waals surface area contributed by atoms with Gasteiger partial charge in [0.2, 0.25) is 5.91 Å². The molecule has 0 spiro atoms. The fraction of sp³-hybridized carbons (Fsp3) is 0.333. The summed E-state index contributed by atoms with van der Waals surface area (Å²) in [7, 11) is 0. The lowest BCUT2D eigenvalue weighted by Gasteiger charge is -2.12. The molecular formula is C15H18N4O3. The Balaban J connectivity index is 2.23. The van der Waals surface area contributed by atoms with E-state index in [1.807, 2.05) is 0 Å². The molecule has 0 saturated carbocycles. The number of carbonyl (C=O) groups is 2. The molecule has 7 nitrogen and oxygen atoms in total. The lowest BCUT2D eigenvalue weighted by Crippen LogP contribution is -2.44. The summed E-state index contributed by atoms with van der Waals surface area (Å²) >= 11 is 0. The van der Waals surface area contributed by atoms with Crippen LogP contribution in [0.15, 0.2) is 29.1 Å². The van der Waals surface area contributed by atoms with Crippen LogP contribution in [0.4, 0.5) is 4.79 Å². The molecule has 2 rings (SSSR count). The van der Waals surface area contributed by atoms with Crippen LogP contribution in [0, 0.1) is 6.92 Å². The molecule has 1 aromatic carbocycles. The second kappa shape index (κ2) is 6.38. The van der Waals surface area contributed by atoms with Gasteiger partial charge in [0.25, 0.3) is 5.56 Å². The van der Waals surface area contributed by atoms with Crippen LogP contribution in [0.3, 0.4) is 0 Å². The molecule has 7 heteroatoms. The highest BCUT2D eigenvalue weighted by Crippen LogP contribution is 2.07. The summed E-state index contributed by atoms with van der Waals surface area (Å²) in [5.74, 6) is -0.149. The Labute approximate surface area is 127 Å². The second-order valence-electron chi connectivity index (χ2n) is 5.24. The number of rotatable bonds is 3. The van der Waals surface area contributed by atoms with Gasteiger partial charge in [-0.15, -0.1) is 0 Å². The van der Waals surface area contributed by atoms with Crippen LogP contribution in [-0.4, -0.2) is 27.5 Å². The minimum Gasteiger partial charge on any atom is -0.336 e. The number of carbonyl (C=O) groups excluding carboxylic acids is 2. The summed E-state index contributed by atoms with van der Waals surface area (Å²) < 4.78 is 1.25. The molecule has 0 aliphatic heterocycles. The third kappa shape index (κ3) is 3.49. The molecule has 0 aliphatic carbocycles. The van der Waals surface area contributed by atoms with Crippen LogP contribution >= 0.6 is 0 Å². The van der Waals surface area contributed by atoms with Gasteiger partial charge in [-0.25, -0.2) is 9.78 Å². The monoisotopic (exact) mass is 302 g/mol. The average Bonchev–Trinajstić information content (AvgIpc) is 2.42. The maximum atomic E-state index is 12.4. The predicted octanol–water partition coefficient (Wildman–Crippen LogP) is 0.939. The minimum atomic E-state index is -0.584. The maximum absolute atomic E-state index is 12.4. The first-order chi connectivity index (χ1) is 10.4. The van der Waals surface area contributed by atoms with Crippen molar-refractivity contribution in [3.8, 4) is 0 Å². The Bertz CT molecular complexity index is 780. The number of aromatic nitrogens is 2. The molecule has 22 heavy (non-hydrogen) atoms. The lowest BCUT2D eigenvalue weighted by molar-refractivity contribution is -0.120. The summed E-state index contributed by atoms with van der Waals surface area (Å²) in [6.45, 7) is 4.96. The van der Waals surface area contributed by atoms with Crippen LogP contribution in [0.25, 0.3) is 10.9 Å². The maximum Gasteiger partial charge on any atom is 0.321 e. The van der Waals surface area contributed by atoms with E-state index in [4.69, 9.17) is 0 Å². The fourth-order valence-electron chi connectivity index (χ4n) is 2.07. The first-order valence-corrected chi connectivity index (χ1v) is 6.95. The standard InChI is InChI=1S/C15H18N4O3/c1-9(2)16-15(22)18-13(20)8-19-10(3)17-12-7-5-4-6-11(12)14(19)21/h4-7,9H,8H2,1-3H3,(H2,16,18,20,22). The number of urea groups is 1. The highest BCUT2D eigenvalue weighted by molar-refractivity contribution is 5.94. The van der Waals surface area contributed by atoms with E-state index in [-0.39, 0.29) is 18.1 Å². The van der Waals surface area contributed by atoms with Crippen LogP contribution in [-0.2, 0) is 11.3 Å². The minimum absolute atomic E-state index is 0.0837. The number of nitrogens with one attached hydrogen (secondary N) is 2. The number of aryl methyl sites for hydroxylation is 1. The van der Waals surface area contributed by atoms with Gasteiger partial charge in [-0.05, 0) is 32.9 Å². The molecule has 0 bridgehead atoms. The van der Waals surface area contributed by atoms with E-state index < -0.39 is 11.9 Å². The van der Waals surface area contributed by atoms with Crippen molar-refractivity contribution in [3.63, 3.8) is 0 Å². The third-order valence-electron chi connectivity index (χ3n) is 3.03. The average molecular weight is 302 g/mol. The van der Waals surface area contributed by atoms with E-state index in [9.17, 15) is 14.4 Å². The molecule has 0 aliphatic rings. The van der Waals surface area contributed by atoms with E-state index in [0.717, 1.165) is 0 Å². The van der Waals surface area contributed by atoms with Crippen molar-refractivity contribution < 1.29 is 9.59 Å². The number of amides is 3. The Morgan fingerprint density at radius 1 is 1.27 bits per heavy atom. The number of hydrogen-bond acceptors (Lipinski definition) is 4. The second-order valence-corrected chi connectivity index (χ2v) is 5.24. The van der Waals surface area contributed by atoms with Gasteiger partial charge < -0.3 is 5.32 Å². The number of benzene rings is 1. The lowest BCUT2D eigenvalue weighted by atomic mass is 10.2. The first-order valence-electron chi connectivity index (χ1n) is 6.95. The summed E-state index contributed by atoms with van der Waals surface area (Å²) in [4.78, 5) is 40.1. The molecular weight excluding hydrogens is 284 g/mol. The molecule has 0 saturated heterocycles. The van der Waals surface area contributed by atoms with Crippen molar-refractivity contribution >= 4 is 22.8 Å². The molecule has 116 valence electrons. The zero-order valence-electron chi connectivity index (χ0n) is 12.7. The third-order valence-corrected chi connectivity index (χ3v) is 3.03. The predicted molar refractivity (Wildman–Crippen MR) is 82.6 cm³/mol. The van der Waals surface area contributed by atoms with Crippen molar-refractivity contribution in [1.29, 1.82) is 0 Å². The molecule has 0 fully saturated rings. The van der Waals surface area contributed by atoms with Gasteiger partial charge in [-0.1, -0.05) is 12.1 Å². The van der Waals surface area contributed by atoms with Gasteiger partial charge in [0, 0.05) is 6.04 Å². The number of para-hydroxylation sites is 1. The topological polar surface area (TPSA) is 93.1 Å². The Morgan fingerprint density at radius 3 is 2.64 bits per heavy atom. The molecule has 0 radical (unpaired) electrons. The molecule has 2 N–H and O–H groups in total. The van der Waals surface area contributed by atoms with E-state index in [2.05, 4.69) is 15.6 Å². The Morgan fingerprint density at radius 2 is 1.95 bits per heavy atom. The quantitative estimate of drug-likeness (QED) is 0.882. The largest absolute Gasteiger partial charge is 0.336 e. The molecule has 3 amide bonds. The van der Waals surface area contributed by atoms with E-state index in [1.165, 1.54) is 4.57 Å². The smallest absolute Gasteiger partial charge is 0.321 e. The van der Waals surface area contributed by atoms with Crippen molar-refractivity contribution in [2.75, 3.05) is 0 Å². The SMILES string of the molecule is Cc1nc2ccccc2c(=O)n1CC(=O)NC(=O)NC(C)C. The number of imide groups is 1.